The van der Waals surface area contributed by atoms with Crippen LogP contribution in [0.2, 0.25) is 0 Å². The highest BCUT2D eigenvalue weighted by Crippen LogP contribution is 2.27. The average molecular weight is 277 g/mol. The minimum Gasteiger partial charge on any atom is -0.324 e. The van der Waals surface area contributed by atoms with Gasteiger partial charge in [0.1, 0.15) is 15.7 Å². The van der Waals surface area contributed by atoms with E-state index in [-0.39, 0.29) is 17.6 Å². The Labute approximate surface area is 106 Å². The molecule has 0 saturated carbocycles. The van der Waals surface area contributed by atoms with Crippen LogP contribution < -0.4 is 5.73 Å². The number of nitrogens with two attached hydrogens (primary N) is 1. The van der Waals surface area contributed by atoms with Crippen LogP contribution in [0.1, 0.15) is 18.5 Å². The average Bonchev–Trinajstić information content (AvgIpc) is 2.18. The number of hydrogen-bond donors (Lipinski definition) is 1. The SMILES string of the molecule is CC(N)c1cc(F)ccc1SCCS(C)(=O)=O. The Morgan fingerprint density at radius 1 is 1.47 bits per heavy atom. The van der Waals surface area contributed by atoms with Crippen LogP contribution in [0.25, 0.3) is 0 Å². The lowest BCUT2D eigenvalue weighted by atomic mass is 10.1. The predicted molar refractivity (Wildman–Crippen MR) is 69.4 cm³/mol. The fourth-order valence-corrected chi connectivity index (χ4v) is 3.65. The minimum absolute atomic E-state index is 0.105. The molecule has 2 N–H and O–H groups in total. The highest BCUT2D eigenvalue weighted by Gasteiger charge is 2.10. The largest absolute Gasteiger partial charge is 0.324 e. The normalized spacial score (nSPS) is 13.6. The van der Waals surface area contributed by atoms with Crippen LogP contribution in [0.3, 0.4) is 0 Å². The zero-order valence-electron chi connectivity index (χ0n) is 9.81. The maximum absolute atomic E-state index is 13.1. The van der Waals surface area contributed by atoms with Crippen LogP contribution in [0.4, 0.5) is 4.39 Å². The van der Waals surface area contributed by atoms with Gasteiger partial charge in [0.05, 0.1) is 5.75 Å². The van der Waals surface area contributed by atoms with Gasteiger partial charge < -0.3 is 5.73 Å². The van der Waals surface area contributed by atoms with Gasteiger partial charge in [0.15, 0.2) is 0 Å². The van der Waals surface area contributed by atoms with E-state index in [9.17, 15) is 12.8 Å². The molecule has 6 heteroatoms. The molecule has 3 nitrogen and oxygen atoms in total. The minimum atomic E-state index is -2.96. The molecule has 0 bridgehead atoms. The summed E-state index contributed by atoms with van der Waals surface area (Å²) in [6.07, 6.45) is 1.20. The van der Waals surface area contributed by atoms with Crippen LogP contribution in [0, 0.1) is 5.82 Å². The number of sulfone groups is 1. The molecule has 0 aliphatic carbocycles. The van der Waals surface area contributed by atoms with E-state index in [1.807, 2.05) is 0 Å². The van der Waals surface area contributed by atoms with Crippen molar-refractivity contribution in [3.05, 3.63) is 29.6 Å². The molecule has 0 aliphatic rings. The summed E-state index contributed by atoms with van der Waals surface area (Å²) in [7, 11) is -2.96. The van der Waals surface area contributed by atoms with E-state index in [1.165, 1.54) is 30.2 Å². The molecule has 1 atom stereocenters. The zero-order chi connectivity index (χ0) is 13.1. The van der Waals surface area contributed by atoms with Gasteiger partial charge in [-0.15, -0.1) is 11.8 Å². The lowest BCUT2D eigenvalue weighted by Gasteiger charge is -2.12. The van der Waals surface area contributed by atoms with Crippen molar-refractivity contribution in [2.75, 3.05) is 17.8 Å². The van der Waals surface area contributed by atoms with Crippen LogP contribution in [0.5, 0.6) is 0 Å². The van der Waals surface area contributed by atoms with E-state index in [0.717, 1.165) is 4.90 Å². The van der Waals surface area contributed by atoms with Crippen molar-refractivity contribution in [3.63, 3.8) is 0 Å². The molecule has 1 unspecified atom stereocenters. The Morgan fingerprint density at radius 3 is 2.65 bits per heavy atom. The summed E-state index contributed by atoms with van der Waals surface area (Å²) in [6, 6.07) is 4.12. The molecule has 0 saturated heterocycles. The van der Waals surface area contributed by atoms with Crippen molar-refractivity contribution in [1.29, 1.82) is 0 Å². The monoisotopic (exact) mass is 277 g/mol. The number of benzene rings is 1. The standard InChI is InChI=1S/C11H16FNO2S2/c1-8(13)10-7-9(12)3-4-11(10)16-5-6-17(2,14)15/h3-4,7-8H,5-6,13H2,1-2H3. The maximum Gasteiger partial charge on any atom is 0.148 e. The van der Waals surface area contributed by atoms with Crippen molar-refractivity contribution >= 4 is 21.6 Å². The first-order valence-corrected chi connectivity index (χ1v) is 8.20. The quantitative estimate of drug-likeness (QED) is 0.836. The van der Waals surface area contributed by atoms with Gasteiger partial charge in [-0.25, -0.2) is 12.8 Å². The van der Waals surface area contributed by atoms with Crippen molar-refractivity contribution < 1.29 is 12.8 Å². The van der Waals surface area contributed by atoms with Gasteiger partial charge in [0, 0.05) is 22.9 Å². The van der Waals surface area contributed by atoms with Gasteiger partial charge >= 0.3 is 0 Å². The molecule has 0 aliphatic heterocycles. The molecule has 17 heavy (non-hydrogen) atoms. The summed E-state index contributed by atoms with van der Waals surface area (Å²) in [5.74, 6) is 0.224. The number of thioether (sulfide) groups is 1. The smallest absolute Gasteiger partial charge is 0.148 e. The topological polar surface area (TPSA) is 60.2 Å². The third-order valence-corrected chi connectivity index (χ3v) is 4.47. The molecular formula is C11H16FNO2S2. The molecule has 0 fully saturated rings. The molecule has 0 heterocycles. The van der Waals surface area contributed by atoms with Crippen LogP contribution in [-0.2, 0) is 9.84 Å². The first kappa shape index (κ1) is 14.5. The summed E-state index contributed by atoms with van der Waals surface area (Å²) in [6.45, 7) is 1.77. The molecule has 96 valence electrons. The molecule has 0 spiro atoms. The third-order valence-electron chi connectivity index (χ3n) is 2.17. The van der Waals surface area contributed by atoms with Gasteiger partial charge in [-0.2, -0.15) is 0 Å². The third kappa shape index (κ3) is 5.06. The highest BCUT2D eigenvalue weighted by atomic mass is 32.2. The Kier molecular flexibility index (Phi) is 4.97. The fraction of sp³-hybridized carbons (Fsp3) is 0.455. The first-order chi connectivity index (χ1) is 7.79. The lowest BCUT2D eigenvalue weighted by Crippen LogP contribution is -2.08. The van der Waals surface area contributed by atoms with E-state index < -0.39 is 9.84 Å². The predicted octanol–water partition coefficient (Wildman–Crippen LogP) is 1.98. The van der Waals surface area contributed by atoms with Crippen LogP contribution in [-0.4, -0.2) is 26.2 Å². The van der Waals surface area contributed by atoms with E-state index >= 15 is 0 Å². The van der Waals surface area contributed by atoms with Gasteiger partial charge in [-0.05, 0) is 30.7 Å². The van der Waals surface area contributed by atoms with Crippen LogP contribution in [0.15, 0.2) is 23.1 Å². The lowest BCUT2D eigenvalue weighted by molar-refractivity contribution is 0.603. The van der Waals surface area contributed by atoms with Crippen molar-refractivity contribution in [2.45, 2.75) is 17.9 Å². The fourth-order valence-electron chi connectivity index (χ4n) is 1.31. The summed E-state index contributed by atoms with van der Waals surface area (Å²) < 4.78 is 35.1. The number of rotatable bonds is 5. The summed E-state index contributed by atoms with van der Waals surface area (Å²) in [4.78, 5) is 0.838. The zero-order valence-corrected chi connectivity index (χ0v) is 11.4. The van der Waals surface area contributed by atoms with E-state index in [4.69, 9.17) is 5.73 Å². The molecule has 0 aromatic heterocycles. The number of hydrogen-bond acceptors (Lipinski definition) is 4. The van der Waals surface area contributed by atoms with E-state index in [1.54, 1.807) is 13.0 Å². The summed E-state index contributed by atoms with van der Waals surface area (Å²) in [5, 5.41) is 0. The van der Waals surface area contributed by atoms with Gasteiger partial charge in [0.2, 0.25) is 0 Å². The second-order valence-corrected chi connectivity index (χ2v) is 7.35. The molecule has 0 radical (unpaired) electrons. The van der Waals surface area contributed by atoms with Crippen LogP contribution >= 0.6 is 11.8 Å². The number of halogens is 1. The van der Waals surface area contributed by atoms with Crippen molar-refractivity contribution in [3.8, 4) is 0 Å². The van der Waals surface area contributed by atoms with Gasteiger partial charge in [-0.1, -0.05) is 0 Å². The molecule has 1 aromatic carbocycles. The maximum atomic E-state index is 13.1. The van der Waals surface area contributed by atoms with Gasteiger partial charge in [-0.3, -0.25) is 0 Å². The van der Waals surface area contributed by atoms with Crippen molar-refractivity contribution in [1.82, 2.24) is 0 Å². The first-order valence-electron chi connectivity index (χ1n) is 5.15. The van der Waals surface area contributed by atoms with E-state index in [2.05, 4.69) is 0 Å². The van der Waals surface area contributed by atoms with E-state index in [0.29, 0.717) is 11.3 Å². The molecular weight excluding hydrogens is 261 g/mol. The van der Waals surface area contributed by atoms with Crippen molar-refractivity contribution in [2.24, 2.45) is 5.73 Å². The second-order valence-electron chi connectivity index (χ2n) is 3.95. The molecule has 1 rings (SSSR count). The molecule has 0 amide bonds. The highest BCUT2D eigenvalue weighted by molar-refractivity contribution is 8.00. The second kappa shape index (κ2) is 5.84. The Bertz CT molecular complexity index is 486. The Balaban J connectivity index is 2.77. The van der Waals surface area contributed by atoms with Gasteiger partial charge in [0.25, 0.3) is 0 Å². The summed E-state index contributed by atoms with van der Waals surface area (Å²) in [5.41, 5.74) is 6.45. The Morgan fingerprint density at radius 2 is 2.12 bits per heavy atom. The summed E-state index contributed by atoms with van der Waals surface area (Å²) >= 11 is 1.39. The molecule has 1 aromatic rings. The Hall–Kier alpha value is -0.590.